The third kappa shape index (κ3) is 5.88. The fourth-order valence-corrected chi connectivity index (χ4v) is 0.646. The topological polar surface area (TPSA) is 59.3 Å². The van der Waals surface area contributed by atoms with Gasteiger partial charge < -0.3 is 9.47 Å². The highest BCUT2D eigenvalue weighted by atomic mass is 16.5. The lowest BCUT2D eigenvalue weighted by Gasteiger charge is -2.02. The van der Waals surface area contributed by atoms with Gasteiger partial charge in [0, 0.05) is 13.7 Å². The quantitative estimate of drug-likeness (QED) is 0.267. The molecule has 0 heterocycles. The number of hydrogen-bond donors (Lipinski definition) is 0. The zero-order valence-corrected chi connectivity index (χ0v) is 7.71. The number of nitrogens with zero attached hydrogens (tertiary/aromatic N) is 1. The Morgan fingerprint density at radius 3 is 2.62 bits per heavy atom. The highest BCUT2D eigenvalue weighted by Gasteiger charge is 2.05. The fourth-order valence-electron chi connectivity index (χ4n) is 0.646. The van der Waals surface area contributed by atoms with Crippen LogP contribution in [0.5, 0.6) is 0 Å². The van der Waals surface area contributed by atoms with Crippen LogP contribution in [0.25, 0.3) is 0 Å². The van der Waals surface area contributed by atoms with E-state index >= 15 is 0 Å². The molecule has 0 bridgehead atoms. The molecule has 0 N–H and O–H groups in total. The zero-order valence-electron chi connectivity index (χ0n) is 7.71. The summed E-state index contributed by atoms with van der Waals surface area (Å²) >= 11 is 0. The predicted octanol–water partition coefficient (Wildman–Crippen LogP) is 1.04. The number of hydrogen-bond acceptors (Lipinski definition) is 4. The molecule has 4 nitrogen and oxygen atoms in total. The smallest absolute Gasteiger partial charge is 0.348 e. The van der Waals surface area contributed by atoms with E-state index in [1.54, 1.807) is 13.2 Å². The summed E-state index contributed by atoms with van der Waals surface area (Å²) in [6.07, 6.45) is 1.57. The summed E-state index contributed by atoms with van der Waals surface area (Å²) < 4.78 is 9.53. The highest BCUT2D eigenvalue weighted by molar-refractivity contribution is 5.91. The molecule has 0 radical (unpaired) electrons. The molecule has 0 amide bonds. The summed E-state index contributed by atoms with van der Waals surface area (Å²) in [6, 6.07) is 1.62. The molecule has 0 aromatic heterocycles. The van der Waals surface area contributed by atoms with Crippen molar-refractivity contribution in [3.05, 3.63) is 12.2 Å². The van der Waals surface area contributed by atoms with Gasteiger partial charge in [0.2, 0.25) is 0 Å². The molecule has 0 fully saturated rings. The van der Waals surface area contributed by atoms with Crippen LogP contribution < -0.4 is 0 Å². The van der Waals surface area contributed by atoms with E-state index in [9.17, 15) is 4.79 Å². The van der Waals surface area contributed by atoms with Crippen molar-refractivity contribution in [1.82, 2.24) is 0 Å². The van der Waals surface area contributed by atoms with Crippen LogP contribution in [-0.2, 0) is 14.3 Å². The summed E-state index contributed by atoms with van der Waals surface area (Å²) in [5, 5.41) is 8.28. The van der Waals surface area contributed by atoms with Crippen LogP contribution in [-0.4, -0.2) is 26.3 Å². The SMILES string of the molecule is C=C(C#N)C(=O)OCCCCOC. The van der Waals surface area contributed by atoms with Crippen molar-refractivity contribution in [2.24, 2.45) is 0 Å². The van der Waals surface area contributed by atoms with Crippen molar-refractivity contribution >= 4 is 5.97 Å². The van der Waals surface area contributed by atoms with Gasteiger partial charge in [0.25, 0.3) is 0 Å². The van der Waals surface area contributed by atoms with E-state index in [-0.39, 0.29) is 5.57 Å². The molecule has 0 spiro atoms. The molecule has 0 saturated heterocycles. The van der Waals surface area contributed by atoms with Gasteiger partial charge in [-0.15, -0.1) is 0 Å². The number of carbonyl (C=O) groups is 1. The van der Waals surface area contributed by atoms with Gasteiger partial charge >= 0.3 is 5.97 Å². The van der Waals surface area contributed by atoms with Crippen LogP contribution in [0.3, 0.4) is 0 Å². The highest BCUT2D eigenvalue weighted by Crippen LogP contribution is 1.95. The van der Waals surface area contributed by atoms with E-state index < -0.39 is 5.97 Å². The lowest BCUT2D eigenvalue weighted by atomic mass is 10.3. The molecule has 0 unspecified atom stereocenters. The number of unbranched alkanes of at least 4 members (excludes halogenated alkanes) is 1. The zero-order chi connectivity index (χ0) is 10.1. The normalized spacial score (nSPS) is 8.92. The average molecular weight is 183 g/mol. The summed E-state index contributed by atoms with van der Waals surface area (Å²) in [7, 11) is 1.61. The molecule has 72 valence electrons. The minimum absolute atomic E-state index is 0.160. The Kier molecular flexibility index (Phi) is 6.56. The summed E-state index contributed by atoms with van der Waals surface area (Å²) in [5.74, 6) is -0.639. The first-order chi connectivity index (χ1) is 6.22. The first kappa shape index (κ1) is 11.7. The maximum atomic E-state index is 10.8. The van der Waals surface area contributed by atoms with Crippen molar-refractivity contribution in [1.29, 1.82) is 5.26 Å². The molecule has 0 aliphatic heterocycles. The Morgan fingerprint density at radius 2 is 2.08 bits per heavy atom. The standard InChI is InChI=1S/C9H13NO3/c1-8(7-10)9(11)13-6-4-3-5-12-2/h1,3-6H2,2H3. The van der Waals surface area contributed by atoms with Gasteiger partial charge in [0.15, 0.2) is 0 Å². The second-order valence-electron chi connectivity index (χ2n) is 2.43. The first-order valence-corrected chi connectivity index (χ1v) is 3.97. The molecule has 0 aliphatic rings. The van der Waals surface area contributed by atoms with Crippen LogP contribution in [0.1, 0.15) is 12.8 Å². The van der Waals surface area contributed by atoms with Gasteiger partial charge in [-0.1, -0.05) is 6.58 Å². The lowest BCUT2D eigenvalue weighted by molar-refractivity contribution is -0.138. The lowest BCUT2D eigenvalue weighted by Crippen LogP contribution is -2.07. The Morgan fingerprint density at radius 1 is 1.46 bits per heavy atom. The van der Waals surface area contributed by atoms with Crippen LogP contribution in [0, 0.1) is 11.3 Å². The first-order valence-electron chi connectivity index (χ1n) is 3.97. The third-order valence-electron chi connectivity index (χ3n) is 1.36. The summed E-state index contributed by atoms with van der Waals surface area (Å²) in [5.41, 5.74) is -0.160. The van der Waals surface area contributed by atoms with Crippen molar-refractivity contribution in [3.8, 4) is 6.07 Å². The molecule has 13 heavy (non-hydrogen) atoms. The van der Waals surface area contributed by atoms with E-state index in [0.717, 1.165) is 12.8 Å². The van der Waals surface area contributed by atoms with Crippen molar-refractivity contribution in [3.63, 3.8) is 0 Å². The largest absolute Gasteiger partial charge is 0.462 e. The summed E-state index contributed by atoms with van der Waals surface area (Å²) in [6.45, 7) is 4.19. The fraction of sp³-hybridized carbons (Fsp3) is 0.556. The Bertz CT molecular complexity index is 217. The molecule has 0 rings (SSSR count). The molecular weight excluding hydrogens is 170 g/mol. The Hall–Kier alpha value is -1.34. The van der Waals surface area contributed by atoms with E-state index in [1.165, 1.54) is 0 Å². The van der Waals surface area contributed by atoms with Gasteiger partial charge in [-0.25, -0.2) is 4.79 Å². The summed E-state index contributed by atoms with van der Waals surface area (Å²) in [4.78, 5) is 10.8. The van der Waals surface area contributed by atoms with E-state index in [1.807, 2.05) is 0 Å². The third-order valence-corrected chi connectivity index (χ3v) is 1.36. The molecule has 0 aromatic carbocycles. The number of carbonyl (C=O) groups excluding carboxylic acids is 1. The molecule has 0 aromatic rings. The van der Waals surface area contributed by atoms with E-state index in [2.05, 4.69) is 6.58 Å². The van der Waals surface area contributed by atoms with Gasteiger partial charge in [0.1, 0.15) is 11.6 Å². The van der Waals surface area contributed by atoms with E-state index in [4.69, 9.17) is 14.7 Å². The minimum atomic E-state index is -0.639. The second-order valence-corrected chi connectivity index (χ2v) is 2.43. The molecule has 4 heteroatoms. The van der Waals surface area contributed by atoms with E-state index in [0.29, 0.717) is 13.2 Å². The minimum Gasteiger partial charge on any atom is -0.462 e. The van der Waals surface area contributed by atoms with Crippen molar-refractivity contribution in [2.75, 3.05) is 20.3 Å². The van der Waals surface area contributed by atoms with Crippen LogP contribution in [0.15, 0.2) is 12.2 Å². The van der Waals surface area contributed by atoms with Gasteiger partial charge in [-0.05, 0) is 12.8 Å². The number of methoxy groups -OCH3 is 1. The Balaban J connectivity index is 3.39. The molecule has 0 aliphatic carbocycles. The molecule has 0 atom stereocenters. The van der Waals surface area contributed by atoms with Gasteiger partial charge in [-0.2, -0.15) is 5.26 Å². The number of ether oxygens (including phenoxy) is 2. The average Bonchev–Trinajstić information content (AvgIpc) is 2.16. The number of esters is 1. The van der Waals surface area contributed by atoms with Gasteiger partial charge in [0.05, 0.1) is 6.61 Å². The van der Waals surface area contributed by atoms with Crippen LogP contribution in [0.2, 0.25) is 0 Å². The second kappa shape index (κ2) is 7.32. The van der Waals surface area contributed by atoms with Gasteiger partial charge in [-0.3, -0.25) is 0 Å². The van der Waals surface area contributed by atoms with Crippen molar-refractivity contribution < 1.29 is 14.3 Å². The predicted molar refractivity (Wildman–Crippen MR) is 46.8 cm³/mol. The molecular formula is C9H13NO3. The Labute approximate surface area is 77.8 Å². The van der Waals surface area contributed by atoms with Crippen LogP contribution >= 0.6 is 0 Å². The number of rotatable bonds is 6. The maximum Gasteiger partial charge on any atom is 0.348 e. The monoisotopic (exact) mass is 183 g/mol. The maximum absolute atomic E-state index is 10.8. The molecule has 0 saturated carbocycles. The van der Waals surface area contributed by atoms with Crippen molar-refractivity contribution in [2.45, 2.75) is 12.8 Å². The van der Waals surface area contributed by atoms with Crippen LogP contribution in [0.4, 0.5) is 0 Å². The number of nitriles is 1.